The molecule has 0 saturated heterocycles. The first-order chi connectivity index (χ1) is 16.0. The minimum absolute atomic E-state index is 0.203. The molecule has 0 amide bonds. The van der Waals surface area contributed by atoms with Crippen molar-refractivity contribution in [3.8, 4) is 11.5 Å². The lowest BCUT2D eigenvalue weighted by molar-refractivity contribution is 0.0722. The van der Waals surface area contributed by atoms with Gasteiger partial charge in [0.1, 0.15) is 18.2 Å². The number of ether oxygens (including phenoxy) is 2. The molecule has 2 aromatic rings. The largest absolute Gasteiger partial charge is 0.489 e. The van der Waals surface area contributed by atoms with Gasteiger partial charge in [0.2, 0.25) is 0 Å². The molecule has 3 nitrogen and oxygen atoms in total. The summed E-state index contributed by atoms with van der Waals surface area (Å²) < 4.78 is 39.5. The molecule has 2 aliphatic rings. The molecule has 2 saturated carbocycles. The van der Waals surface area contributed by atoms with Crippen molar-refractivity contribution >= 4 is 5.97 Å². The maximum atomic E-state index is 14.9. The summed E-state index contributed by atoms with van der Waals surface area (Å²) >= 11 is 0. The molecule has 0 spiro atoms. The van der Waals surface area contributed by atoms with Crippen molar-refractivity contribution in [2.45, 2.75) is 44.4 Å². The molecule has 0 N–H and O–H groups in total. The van der Waals surface area contributed by atoms with E-state index in [0.717, 1.165) is 36.8 Å². The zero-order valence-corrected chi connectivity index (χ0v) is 18.8. The molecular formula is C28H30F2O3. The molecule has 5 heteroatoms. The van der Waals surface area contributed by atoms with E-state index >= 15 is 0 Å². The van der Waals surface area contributed by atoms with Crippen LogP contribution in [0.3, 0.4) is 0 Å². The first kappa shape index (κ1) is 23.2. The SMILES string of the molecule is C=CCOc1ccc(OC(=O)c2ccc(C3CCC4CC(C=C)CCC4C3)cc2F)c(F)c1. The molecular weight excluding hydrogens is 422 g/mol. The maximum absolute atomic E-state index is 14.9. The standard InChI is InChI=1S/C28H30F2O3/c1-3-13-32-23-10-12-27(26(30)17-23)33-28(31)24-11-9-22(16-25(24)29)21-8-7-19-14-18(4-2)5-6-20(19)15-21/h3-4,9-12,16-21H,1-2,5-8,13-15H2. The number of rotatable bonds is 7. The number of halogens is 2. The molecule has 0 radical (unpaired) electrons. The molecule has 4 unspecified atom stereocenters. The Morgan fingerprint density at radius 2 is 1.76 bits per heavy atom. The van der Waals surface area contributed by atoms with Gasteiger partial charge in [0.15, 0.2) is 11.6 Å². The minimum atomic E-state index is -0.927. The Kier molecular flexibility index (Phi) is 7.26. The van der Waals surface area contributed by atoms with Crippen molar-refractivity contribution in [1.29, 1.82) is 0 Å². The van der Waals surface area contributed by atoms with E-state index in [4.69, 9.17) is 9.47 Å². The highest BCUT2D eigenvalue weighted by Crippen LogP contribution is 2.47. The van der Waals surface area contributed by atoms with Crippen LogP contribution < -0.4 is 9.47 Å². The van der Waals surface area contributed by atoms with Crippen LogP contribution in [0.25, 0.3) is 0 Å². The van der Waals surface area contributed by atoms with Gasteiger partial charge in [-0.2, -0.15) is 0 Å². The van der Waals surface area contributed by atoms with Crippen LogP contribution in [-0.4, -0.2) is 12.6 Å². The van der Waals surface area contributed by atoms with E-state index in [1.807, 2.05) is 6.07 Å². The van der Waals surface area contributed by atoms with E-state index in [9.17, 15) is 13.6 Å². The van der Waals surface area contributed by atoms with Crippen LogP contribution in [0.4, 0.5) is 8.78 Å². The Morgan fingerprint density at radius 3 is 2.48 bits per heavy atom. The van der Waals surface area contributed by atoms with E-state index < -0.39 is 17.6 Å². The summed E-state index contributed by atoms with van der Waals surface area (Å²) in [4.78, 5) is 12.5. The highest BCUT2D eigenvalue weighted by Gasteiger charge is 2.35. The van der Waals surface area contributed by atoms with E-state index in [2.05, 4.69) is 19.2 Å². The highest BCUT2D eigenvalue weighted by atomic mass is 19.1. The van der Waals surface area contributed by atoms with E-state index in [1.165, 1.54) is 49.6 Å². The third kappa shape index (κ3) is 5.35. The summed E-state index contributed by atoms with van der Waals surface area (Å²) in [6.07, 6.45) is 10.5. The smallest absolute Gasteiger partial charge is 0.346 e. The zero-order valence-electron chi connectivity index (χ0n) is 18.8. The van der Waals surface area contributed by atoms with Crippen LogP contribution in [0.5, 0.6) is 11.5 Å². The molecule has 0 aliphatic heterocycles. The molecule has 0 heterocycles. The van der Waals surface area contributed by atoms with Crippen LogP contribution >= 0.6 is 0 Å². The van der Waals surface area contributed by atoms with Crippen molar-refractivity contribution in [1.82, 2.24) is 0 Å². The van der Waals surface area contributed by atoms with Gasteiger partial charge in [-0.15, -0.1) is 6.58 Å². The molecule has 174 valence electrons. The molecule has 2 fully saturated rings. The second kappa shape index (κ2) is 10.3. The Balaban J connectivity index is 1.41. The van der Waals surface area contributed by atoms with Crippen LogP contribution in [0.1, 0.15) is 60.4 Å². The number of fused-ring (bicyclic) bond motifs is 1. The predicted molar refractivity (Wildman–Crippen MR) is 125 cm³/mol. The molecule has 0 bridgehead atoms. The maximum Gasteiger partial charge on any atom is 0.346 e. The van der Waals surface area contributed by atoms with Gasteiger partial charge < -0.3 is 9.47 Å². The molecule has 0 aromatic heterocycles. The van der Waals surface area contributed by atoms with Crippen LogP contribution in [0.2, 0.25) is 0 Å². The molecule has 2 aliphatic carbocycles. The summed E-state index contributed by atoms with van der Waals surface area (Å²) in [6.45, 7) is 7.71. The number of hydrogen-bond acceptors (Lipinski definition) is 3. The molecule has 2 aromatic carbocycles. The van der Waals surface area contributed by atoms with E-state index in [-0.39, 0.29) is 23.7 Å². The molecule has 33 heavy (non-hydrogen) atoms. The van der Waals surface area contributed by atoms with Crippen LogP contribution in [-0.2, 0) is 0 Å². The van der Waals surface area contributed by atoms with Crippen molar-refractivity contribution in [3.05, 3.63) is 84.5 Å². The predicted octanol–water partition coefficient (Wildman–Crippen LogP) is 7.23. The Morgan fingerprint density at radius 1 is 0.970 bits per heavy atom. The number of hydrogen-bond donors (Lipinski definition) is 0. The zero-order chi connectivity index (χ0) is 23.4. The van der Waals surface area contributed by atoms with Crippen molar-refractivity contribution in [3.63, 3.8) is 0 Å². The number of allylic oxidation sites excluding steroid dienone is 1. The molecule has 4 atom stereocenters. The third-order valence-electron chi connectivity index (χ3n) is 7.15. The first-order valence-electron chi connectivity index (χ1n) is 11.7. The number of benzene rings is 2. The first-order valence-corrected chi connectivity index (χ1v) is 11.7. The highest BCUT2D eigenvalue weighted by molar-refractivity contribution is 5.91. The van der Waals surface area contributed by atoms with Gasteiger partial charge in [0, 0.05) is 6.07 Å². The van der Waals surface area contributed by atoms with Crippen LogP contribution in [0.15, 0.2) is 61.7 Å². The topological polar surface area (TPSA) is 35.5 Å². The lowest BCUT2D eigenvalue weighted by Gasteiger charge is -2.41. The summed E-state index contributed by atoms with van der Waals surface area (Å²) in [5.41, 5.74) is 0.716. The van der Waals surface area contributed by atoms with E-state index in [1.54, 1.807) is 0 Å². The van der Waals surface area contributed by atoms with Crippen molar-refractivity contribution in [2.24, 2.45) is 17.8 Å². The Hall–Kier alpha value is -2.95. The lowest BCUT2D eigenvalue weighted by atomic mass is 9.64. The third-order valence-corrected chi connectivity index (χ3v) is 7.15. The number of carbonyl (C=O) groups excluding carboxylic acids is 1. The van der Waals surface area contributed by atoms with Gasteiger partial charge in [0.05, 0.1) is 5.56 Å². The quantitative estimate of drug-likeness (QED) is 0.252. The number of esters is 1. The fourth-order valence-electron chi connectivity index (χ4n) is 5.36. The summed E-state index contributed by atoms with van der Waals surface area (Å²) in [5.74, 6) is 0.0289. The average molecular weight is 453 g/mol. The fourth-order valence-corrected chi connectivity index (χ4v) is 5.36. The fraction of sp³-hybridized carbons (Fsp3) is 0.393. The van der Waals surface area contributed by atoms with Gasteiger partial charge in [-0.3, -0.25) is 0 Å². The minimum Gasteiger partial charge on any atom is -0.489 e. The summed E-state index contributed by atoms with van der Waals surface area (Å²) in [6, 6.07) is 8.59. The summed E-state index contributed by atoms with van der Waals surface area (Å²) in [7, 11) is 0. The van der Waals surface area contributed by atoms with E-state index in [0.29, 0.717) is 17.8 Å². The van der Waals surface area contributed by atoms with Gasteiger partial charge >= 0.3 is 5.97 Å². The second-order valence-electron chi connectivity index (χ2n) is 9.16. The lowest BCUT2D eigenvalue weighted by Crippen LogP contribution is -2.30. The van der Waals surface area contributed by atoms with Crippen molar-refractivity contribution < 1.29 is 23.0 Å². The summed E-state index contributed by atoms with van der Waals surface area (Å²) in [5, 5.41) is 0. The van der Waals surface area contributed by atoms with Gasteiger partial charge in [-0.1, -0.05) is 24.8 Å². The van der Waals surface area contributed by atoms with Gasteiger partial charge in [0.25, 0.3) is 0 Å². The molecule has 4 rings (SSSR count). The monoisotopic (exact) mass is 452 g/mol. The van der Waals surface area contributed by atoms with Crippen LogP contribution in [0, 0.1) is 29.4 Å². The number of carbonyl (C=O) groups is 1. The van der Waals surface area contributed by atoms with Gasteiger partial charge in [-0.05, 0) is 92.0 Å². The second-order valence-corrected chi connectivity index (χ2v) is 9.16. The van der Waals surface area contributed by atoms with Gasteiger partial charge in [-0.25, -0.2) is 13.6 Å². The Bertz CT molecular complexity index is 1030. The Labute approximate surface area is 194 Å². The normalized spacial score (nSPS) is 24.4. The average Bonchev–Trinajstić information content (AvgIpc) is 2.83. The van der Waals surface area contributed by atoms with Crippen molar-refractivity contribution in [2.75, 3.05) is 6.61 Å².